The number of furan rings is 1. The topological polar surface area (TPSA) is 101 Å². The summed E-state index contributed by atoms with van der Waals surface area (Å²) in [6.07, 6.45) is -0.218. The van der Waals surface area contributed by atoms with Gasteiger partial charge in [-0.3, -0.25) is 9.10 Å². The Hall–Kier alpha value is -2.99. The Bertz CT molecular complexity index is 1570. The number of sulfonamides is 1. The lowest BCUT2D eigenvalue weighted by Crippen LogP contribution is -2.35. The van der Waals surface area contributed by atoms with E-state index in [2.05, 4.69) is 4.98 Å². The van der Waals surface area contributed by atoms with Crippen LogP contribution < -0.4 is 0 Å². The molecule has 0 unspecified atom stereocenters. The summed E-state index contributed by atoms with van der Waals surface area (Å²) in [4.78, 5) is 17.3. The van der Waals surface area contributed by atoms with Crippen LogP contribution in [0.15, 0.2) is 62.9 Å². The number of allylic oxidation sites excluding steroid dienone is 1. The summed E-state index contributed by atoms with van der Waals surface area (Å²) < 4.78 is 45.5. The van der Waals surface area contributed by atoms with Crippen molar-refractivity contribution in [3.8, 4) is 22.8 Å². The van der Waals surface area contributed by atoms with Crippen LogP contribution in [0.5, 0.6) is 0 Å². The summed E-state index contributed by atoms with van der Waals surface area (Å²) in [6, 6.07) is 10.6. The van der Waals surface area contributed by atoms with Crippen LogP contribution in [0, 0.1) is 5.82 Å². The van der Waals surface area contributed by atoms with Gasteiger partial charge in [-0.25, -0.2) is 17.8 Å². The average molecular weight is 537 g/mol. The molecule has 34 heavy (non-hydrogen) atoms. The number of ketones is 1. The zero-order valence-electron chi connectivity index (χ0n) is 17.3. The number of thiophene rings is 1. The standard InChI is InChI=1S/C22H14ClFN2O5S3/c1-26-20(21(28)22-17(34(26,29)30)9-18(23)33-22)14(27)8-19-25-13(10-32-19)16-7-6-15(31-16)11-2-4-12(24)5-3-11/h2-7,9-10,28H,8H2,1H3. The van der Waals surface area contributed by atoms with Gasteiger partial charge >= 0.3 is 0 Å². The zero-order chi connectivity index (χ0) is 24.2. The second-order valence-electron chi connectivity index (χ2n) is 7.31. The van der Waals surface area contributed by atoms with Crippen LogP contribution in [0.2, 0.25) is 4.34 Å². The van der Waals surface area contributed by atoms with Crippen molar-refractivity contribution < 1.29 is 27.1 Å². The number of aromatic nitrogens is 1. The van der Waals surface area contributed by atoms with E-state index in [9.17, 15) is 22.7 Å². The average Bonchev–Trinajstić information content (AvgIpc) is 3.53. The summed E-state index contributed by atoms with van der Waals surface area (Å²) in [6.45, 7) is 0. The van der Waals surface area contributed by atoms with Crippen molar-refractivity contribution in [2.75, 3.05) is 7.05 Å². The molecule has 0 atom stereocenters. The number of aliphatic hydroxyl groups excluding tert-OH is 1. The van der Waals surface area contributed by atoms with Crippen molar-refractivity contribution in [3.05, 3.63) is 73.6 Å². The summed E-state index contributed by atoms with van der Waals surface area (Å²) in [7, 11) is -2.81. The van der Waals surface area contributed by atoms with Gasteiger partial charge in [0.05, 0.1) is 15.6 Å². The smallest absolute Gasteiger partial charge is 0.265 e. The van der Waals surface area contributed by atoms with E-state index in [0.29, 0.717) is 27.8 Å². The number of rotatable bonds is 5. The maximum absolute atomic E-state index is 13.2. The van der Waals surface area contributed by atoms with Gasteiger partial charge in [0.15, 0.2) is 17.3 Å². The number of benzene rings is 1. The van der Waals surface area contributed by atoms with E-state index in [1.165, 1.54) is 36.6 Å². The second kappa shape index (κ2) is 8.35. The van der Waals surface area contributed by atoms with E-state index >= 15 is 0 Å². The maximum Gasteiger partial charge on any atom is 0.265 e. The Morgan fingerprint density at radius 2 is 1.91 bits per heavy atom. The Labute approximate surface area is 206 Å². The van der Waals surface area contributed by atoms with Gasteiger partial charge in [0.1, 0.15) is 32.9 Å². The number of likely N-dealkylation sites (N-methyl/N-ethyl adjacent to an activating group) is 1. The summed E-state index contributed by atoms with van der Waals surface area (Å²) in [5.74, 6) is -0.380. The first kappa shape index (κ1) is 22.8. The van der Waals surface area contributed by atoms with Crippen molar-refractivity contribution in [1.29, 1.82) is 0 Å². The van der Waals surface area contributed by atoms with E-state index < -0.39 is 21.6 Å². The minimum absolute atomic E-state index is 0.0372. The highest BCUT2D eigenvalue weighted by molar-refractivity contribution is 7.89. The Morgan fingerprint density at radius 3 is 2.65 bits per heavy atom. The molecule has 0 aliphatic carbocycles. The monoisotopic (exact) mass is 536 g/mol. The molecule has 1 aliphatic rings. The van der Waals surface area contributed by atoms with Gasteiger partial charge in [0.2, 0.25) is 0 Å². The fraction of sp³-hybridized carbons (Fsp3) is 0.0909. The van der Waals surface area contributed by atoms with Crippen LogP contribution in [0.25, 0.3) is 28.5 Å². The van der Waals surface area contributed by atoms with Crippen LogP contribution >= 0.6 is 34.3 Å². The predicted octanol–water partition coefficient (Wildman–Crippen LogP) is 5.60. The van der Waals surface area contributed by atoms with Gasteiger partial charge < -0.3 is 9.52 Å². The minimum Gasteiger partial charge on any atom is -0.504 e. The Morgan fingerprint density at radius 1 is 1.21 bits per heavy atom. The van der Waals surface area contributed by atoms with E-state index in [1.54, 1.807) is 29.6 Å². The number of halogens is 2. The van der Waals surface area contributed by atoms with Crippen molar-refractivity contribution in [3.63, 3.8) is 0 Å². The number of nitrogens with zero attached hydrogens (tertiary/aromatic N) is 2. The number of carbonyl (C=O) groups is 1. The lowest BCUT2D eigenvalue weighted by molar-refractivity contribution is -0.115. The molecule has 12 heteroatoms. The van der Waals surface area contributed by atoms with Crippen molar-refractivity contribution in [2.45, 2.75) is 11.3 Å². The van der Waals surface area contributed by atoms with Crippen LogP contribution in [-0.2, 0) is 21.2 Å². The summed E-state index contributed by atoms with van der Waals surface area (Å²) in [5, 5.41) is 12.8. The van der Waals surface area contributed by atoms with Crippen molar-refractivity contribution in [1.82, 2.24) is 9.29 Å². The molecule has 0 saturated heterocycles. The van der Waals surface area contributed by atoms with Crippen LogP contribution in [0.3, 0.4) is 0 Å². The van der Waals surface area contributed by atoms with Gasteiger partial charge in [0.25, 0.3) is 10.0 Å². The Kier molecular flexibility index (Phi) is 5.59. The number of aliphatic hydroxyl groups is 1. The van der Waals surface area contributed by atoms with Gasteiger partial charge in [0, 0.05) is 18.0 Å². The number of hydrogen-bond acceptors (Lipinski definition) is 8. The highest BCUT2D eigenvalue weighted by Crippen LogP contribution is 2.42. The fourth-order valence-electron chi connectivity index (χ4n) is 3.51. The van der Waals surface area contributed by atoms with Crippen molar-refractivity contribution in [2.24, 2.45) is 0 Å². The summed E-state index contributed by atoms with van der Waals surface area (Å²) in [5.41, 5.74) is 0.867. The Balaban J connectivity index is 1.40. The molecule has 0 bridgehead atoms. The van der Waals surface area contributed by atoms with E-state index in [-0.39, 0.29) is 32.0 Å². The molecule has 0 saturated carbocycles. The van der Waals surface area contributed by atoms with Gasteiger partial charge in [-0.05, 0) is 42.5 Å². The molecule has 7 nitrogen and oxygen atoms in total. The van der Waals surface area contributed by atoms with Gasteiger partial charge in [-0.15, -0.1) is 22.7 Å². The second-order valence-corrected chi connectivity index (χ2v) is 11.9. The maximum atomic E-state index is 13.2. The zero-order valence-corrected chi connectivity index (χ0v) is 20.5. The predicted molar refractivity (Wildman–Crippen MR) is 128 cm³/mol. The number of Topliss-reactive ketones (excluding diaryl/α,β-unsaturated/α-hetero) is 1. The molecule has 1 aromatic carbocycles. The third kappa shape index (κ3) is 3.84. The third-order valence-electron chi connectivity index (χ3n) is 5.18. The fourth-order valence-corrected chi connectivity index (χ4v) is 7.25. The molecule has 4 aromatic rings. The molecular formula is C22H14ClFN2O5S3. The van der Waals surface area contributed by atoms with Crippen LogP contribution in [-0.4, -0.2) is 35.6 Å². The SMILES string of the molecule is CN1C(C(=O)Cc2nc(-c3ccc(-c4ccc(F)cc4)o3)cs2)=C(O)c2sc(Cl)cc2S1(=O)=O. The molecule has 0 radical (unpaired) electrons. The first-order chi connectivity index (χ1) is 16.1. The lowest BCUT2D eigenvalue weighted by atomic mass is 10.1. The molecular weight excluding hydrogens is 523 g/mol. The quantitative estimate of drug-likeness (QED) is 0.356. The number of carbonyl (C=O) groups excluding carboxylic acids is 1. The molecule has 3 aromatic heterocycles. The number of fused-ring (bicyclic) bond motifs is 1. The molecule has 1 aliphatic heterocycles. The molecule has 4 heterocycles. The van der Waals surface area contributed by atoms with Gasteiger partial charge in [-0.2, -0.15) is 0 Å². The first-order valence-electron chi connectivity index (χ1n) is 9.71. The third-order valence-corrected chi connectivity index (χ3v) is 9.21. The largest absolute Gasteiger partial charge is 0.504 e. The molecule has 174 valence electrons. The molecule has 5 rings (SSSR count). The molecule has 0 amide bonds. The first-order valence-corrected chi connectivity index (χ1v) is 13.2. The van der Waals surface area contributed by atoms with E-state index in [0.717, 1.165) is 15.6 Å². The summed E-state index contributed by atoms with van der Waals surface area (Å²) >= 11 is 8.03. The lowest BCUT2D eigenvalue weighted by Gasteiger charge is -2.26. The number of hydrogen-bond donors (Lipinski definition) is 1. The molecule has 1 N–H and O–H groups in total. The molecule has 0 fully saturated rings. The van der Waals surface area contributed by atoms with E-state index in [4.69, 9.17) is 16.0 Å². The van der Waals surface area contributed by atoms with Crippen LogP contribution in [0.4, 0.5) is 4.39 Å². The molecule has 0 spiro atoms. The van der Waals surface area contributed by atoms with Crippen molar-refractivity contribution >= 4 is 55.8 Å². The highest BCUT2D eigenvalue weighted by Gasteiger charge is 2.39. The van der Waals surface area contributed by atoms with E-state index in [1.807, 2.05) is 0 Å². The van der Waals surface area contributed by atoms with Crippen LogP contribution in [0.1, 0.15) is 9.88 Å². The highest BCUT2D eigenvalue weighted by atomic mass is 35.5. The number of thiazole rings is 1. The van der Waals surface area contributed by atoms with Gasteiger partial charge in [-0.1, -0.05) is 11.6 Å². The minimum atomic E-state index is -4.02. The normalized spacial score (nSPS) is 15.0.